The number of esters is 1. The van der Waals surface area contributed by atoms with Crippen LogP contribution in [-0.4, -0.2) is 32.4 Å². The van der Waals surface area contributed by atoms with Crippen molar-refractivity contribution in [1.29, 1.82) is 0 Å². The number of benzene rings is 3. The van der Waals surface area contributed by atoms with E-state index in [2.05, 4.69) is 5.32 Å². The first-order valence-corrected chi connectivity index (χ1v) is 12.1. The molecule has 1 heterocycles. The molecule has 1 amide bonds. The van der Waals surface area contributed by atoms with E-state index in [9.17, 15) is 22.4 Å². The van der Waals surface area contributed by atoms with Gasteiger partial charge in [0.15, 0.2) is 6.10 Å². The molecule has 34 heavy (non-hydrogen) atoms. The zero-order chi connectivity index (χ0) is 24.5. The largest absolute Gasteiger partial charge is 0.449 e. The summed E-state index contributed by atoms with van der Waals surface area (Å²) in [4.78, 5) is 24.9. The molecule has 0 aliphatic carbocycles. The number of hydrogen-bond donors (Lipinski definition) is 1. The van der Waals surface area contributed by atoms with Crippen LogP contribution in [-0.2, 0) is 26.0 Å². The number of sulfonamides is 1. The van der Waals surface area contributed by atoms with E-state index in [1.54, 1.807) is 18.2 Å². The summed E-state index contributed by atoms with van der Waals surface area (Å²) in [5.74, 6) is -2.21. The molecule has 0 saturated carbocycles. The summed E-state index contributed by atoms with van der Waals surface area (Å²) in [7, 11) is -3.94. The third kappa shape index (κ3) is 4.51. The molecule has 0 radical (unpaired) electrons. The summed E-state index contributed by atoms with van der Waals surface area (Å²) >= 11 is 0. The molecule has 2 atom stereocenters. The summed E-state index contributed by atoms with van der Waals surface area (Å²) in [6, 6.07) is 18.1. The molecule has 0 spiro atoms. The number of carbonyl (C=O) groups is 2. The van der Waals surface area contributed by atoms with E-state index in [0.29, 0.717) is 12.1 Å². The van der Waals surface area contributed by atoms with Gasteiger partial charge in [-0.15, -0.1) is 0 Å². The van der Waals surface area contributed by atoms with Gasteiger partial charge in [0.25, 0.3) is 15.9 Å². The molecule has 1 N–H and O–H groups in total. The van der Waals surface area contributed by atoms with E-state index in [1.807, 2.05) is 19.1 Å². The van der Waals surface area contributed by atoms with Gasteiger partial charge in [-0.2, -0.15) is 0 Å². The Bertz CT molecular complexity index is 1360. The second-order valence-corrected chi connectivity index (χ2v) is 9.84. The van der Waals surface area contributed by atoms with Gasteiger partial charge in [0.1, 0.15) is 5.82 Å². The summed E-state index contributed by atoms with van der Waals surface area (Å²) in [6.45, 7) is 3.17. The van der Waals surface area contributed by atoms with Crippen LogP contribution in [0.5, 0.6) is 0 Å². The number of ether oxygens (including phenoxy) is 1. The molecule has 0 aromatic heterocycles. The highest BCUT2D eigenvalue weighted by molar-refractivity contribution is 7.92. The molecule has 7 nitrogen and oxygen atoms in total. The molecule has 1 aliphatic heterocycles. The topological polar surface area (TPSA) is 92.8 Å². The van der Waals surface area contributed by atoms with Gasteiger partial charge < -0.3 is 10.1 Å². The molecule has 3 aromatic carbocycles. The summed E-state index contributed by atoms with van der Waals surface area (Å²) < 4.78 is 47.2. The fraction of sp³-hybridized carbons (Fsp3) is 0.200. The third-order valence-electron chi connectivity index (χ3n) is 5.56. The highest BCUT2D eigenvalue weighted by Crippen LogP contribution is 2.36. The van der Waals surface area contributed by atoms with Gasteiger partial charge >= 0.3 is 5.97 Å². The molecule has 2 unspecified atom stereocenters. The maximum atomic E-state index is 13.8. The van der Waals surface area contributed by atoms with Gasteiger partial charge in [-0.05, 0) is 62.2 Å². The van der Waals surface area contributed by atoms with Crippen LogP contribution < -0.4 is 9.62 Å². The Morgan fingerprint density at radius 2 is 1.76 bits per heavy atom. The first kappa shape index (κ1) is 23.4. The minimum atomic E-state index is -3.94. The highest BCUT2D eigenvalue weighted by Gasteiger charge is 2.36. The van der Waals surface area contributed by atoms with Crippen LogP contribution in [0.3, 0.4) is 0 Å². The Labute approximate surface area is 197 Å². The Morgan fingerprint density at radius 3 is 2.53 bits per heavy atom. The average molecular weight is 483 g/mol. The zero-order valence-electron chi connectivity index (χ0n) is 18.6. The maximum absolute atomic E-state index is 13.8. The number of carbonyl (C=O) groups excluding carboxylic acids is 2. The SMILES string of the molecule is CC(OC(=O)c1cccc(S(=O)(=O)N2c3ccccc3CC2C)c1)C(=O)Nc1ccccc1F. The van der Waals surface area contributed by atoms with Crippen molar-refractivity contribution in [1.82, 2.24) is 0 Å². The van der Waals surface area contributed by atoms with Crippen molar-refractivity contribution in [2.45, 2.75) is 37.3 Å². The predicted octanol–water partition coefficient (Wildman–Crippen LogP) is 4.15. The van der Waals surface area contributed by atoms with E-state index in [1.165, 1.54) is 53.7 Å². The minimum absolute atomic E-state index is 0.0215. The Kier molecular flexibility index (Phi) is 6.39. The summed E-state index contributed by atoms with van der Waals surface area (Å²) in [5.41, 5.74) is 1.49. The number of fused-ring (bicyclic) bond motifs is 1. The van der Waals surface area contributed by atoms with Crippen molar-refractivity contribution in [2.24, 2.45) is 0 Å². The third-order valence-corrected chi connectivity index (χ3v) is 7.48. The normalized spacial score (nSPS) is 16.0. The molecule has 0 fully saturated rings. The van der Waals surface area contributed by atoms with Crippen LogP contribution in [0, 0.1) is 5.82 Å². The monoisotopic (exact) mass is 482 g/mol. The first-order chi connectivity index (χ1) is 16.2. The minimum Gasteiger partial charge on any atom is -0.449 e. The van der Waals surface area contributed by atoms with Crippen LogP contribution in [0.4, 0.5) is 15.8 Å². The van der Waals surface area contributed by atoms with E-state index in [0.717, 1.165) is 5.56 Å². The van der Waals surface area contributed by atoms with Crippen molar-refractivity contribution in [3.8, 4) is 0 Å². The van der Waals surface area contributed by atoms with Gasteiger partial charge in [-0.3, -0.25) is 9.10 Å². The van der Waals surface area contributed by atoms with E-state index >= 15 is 0 Å². The van der Waals surface area contributed by atoms with Crippen molar-refractivity contribution < 1.29 is 27.1 Å². The number of para-hydroxylation sites is 2. The lowest BCUT2D eigenvalue weighted by atomic mass is 10.1. The summed E-state index contributed by atoms with van der Waals surface area (Å²) in [6.07, 6.45) is -0.649. The van der Waals surface area contributed by atoms with Gasteiger partial charge in [-0.25, -0.2) is 17.6 Å². The highest BCUT2D eigenvalue weighted by atomic mass is 32.2. The standard InChI is InChI=1S/C25H23FN2O5S/c1-16-14-18-8-3-6-13-23(18)28(16)34(31,32)20-10-7-9-19(15-20)25(30)33-17(2)24(29)27-22-12-5-4-11-21(22)26/h3-13,15-17H,14H2,1-2H3,(H,27,29). The molecule has 3 aromatic rings. The predicted molar refractivity (Wildman–Crippen MR) is 126 cm³/mol. The fourth-order valence-electron chi connectivity index (χ4n) is 3.88. The molecule has 0 saturated heterocycles. The molecule has 176 valence electrons. The molecule has 0 bridgehead atoms. The number of nitrogens with zero attached hydrogens (tertiary/aromatic N) is 1. The lowest BCUT2D eigenvalue weighted by Crippen LogP contribution is -2.35. The quantitative estimate of drug-likeness (QED) is 0.533. The molecule has 9 heteroatoms. The second kappa shape index (κ2) is 9.26. The second-order valence-electron chi connectivity index (χ2n) is 8.03. The van der Waals surface area contributed by atoms with E-state index < -0.39 is 33.8 Å². The maximum Gasteiger partial charge on any atom is 0.338 e. The van der Waals surface area contributed by atoms with Crippen molar-refractivity contribution in [3.05, 3.63) is 89.7 Å². The first-order valence-electron chi connectivity index (χ1n) is 10.7. The molecular formula is C25H23FN2O5S. The number of amides is 1. The smallest absolute Gasteiger partial charge is 0.338 e. The number of rotatable bonds is 6. The van der Waals surface area contributed by atoms with Crippen molar-refractivity contribution in [2.75, 3.05) is 9.62 Å². The van der Waals surface area contributed by atoms with Gasteiger partial charge in [0.05, 0.1) is 21.8 Å². The number of hydrogen-bond acceptors (Lipinski definition) is 5. The number of nitrogens with one attached hydrogen (secondary N) is 1. The Balaban J connectivity index is 1.51. The van der Waals surface area contributed by atoms with E-state index in [-0.39, 0.29) is 22.2 Å². The lowest BCUT2D eigenvalue weighted by molar-refractivity contribution is -0.123. The van der Waals surface area contributed by atoms with Crippen LogP contribution in [0.25, 0.3) is 0 Å². The Hall–Kier alpha value is -3.72. The van der Waals surface area contributed by atoms with Crippen LogP contribution >= 0.6 is 0 Å². The van der Waals surface area contributed by atoms with Crippen LogP contribution in [0.1, 0.15) is 29.8 Å². The lowest BCUT2D eigenvalue weighted by Gasteiger charge is -2.24. The van der Waals surface area contributed by atoms with Crippen LogP contribution in [0.2, 0.25) is 0 Å². The van der Waals surface area contributed by atoms with Gasteiger partial charge in [0, 0.05) is 6.04 Å². The fourth-order valence-corrected chi connectivity index (χ4v) is 5.62. The molecule has 1 aliphatic rings. The van der Waals surface area contributed by atoms with E-state index in [4.69, 9.17) is 4.74 Å². The molecule has 4 rings (SSSR count). The van der Waals surface area contributed by atoms with Crippen molar-refractivity contribution >= 4 is 33.3 Å². The Morgan fingerprint density at radius 1 is 1.06 bits per heavy atom. The summed E-state index contributed by atoms with van der Waals surface area (Å²) in [5, 5.41) is 2.36. The van der Waals surface area contributed by atoms with Crippen molar-refractivity contribution in [3.63, 3.8) is 0 Å². The molecular weight excluding hydrogens is 459 g/mol. The number of anilines is 2. The van der Waals surface area contributed by atoms with Crippen LogP contribution in [0.15, 0.2) is 77.7 Å². The number of halogens is 1. The van der Waals surface area contributed by atoms with Gasteiger partial charge in [0.2, 0.25) is 0 Å². The zero-order valence-corrected chi connectivity index (χ0v) is 19.4. The average Bonchev–Trinajstić information content (AvgIpc) is 3.17. The van der Waals surface area contributed by atoms with Gasteiger partial charge in [-0.1, -0.05) is 36.4 Å².